The number of imidazole rings is 1. The summed E-state index contributed by atoms with van der Waals surface area (Å²) in [6.45, 7) is 3.64. The van der Waals surface area contributed by atoms with Crippen LogP contribution in [0.15, 0.2) is 12.4 Å². The molecule has 20 heavy (non-hydrogen) atoms. The largest absolute Gasteiger partial charge is 0.480 e. The molecule has 1 aliphatic heterocycles. The smallest absolute Gasteiger partial charge is 0.320 e. The van der Waals surface area contributed by atoms with Crippen molar-refractivity contribution >= 4 is 5.97 Å². The summed E-state index contributed by atoms with van der Waals surface area (Å²) < 4.78 is 2.11. The summed E-state index contributed by atoms with van der Waals surface area (Å²) in [5.41, 5.74) is 0. The molecule has 1 aromatic heterocycles. The molecule has 0 aromatic carbocycles. The molecule has 5 nitrogen and oxygen atoms in total. The first-order chi connectivity index (χ1) is 9.70. The lowest BCUT2D eigenvalue weighted by Gasteiger charge is -2.32. The van der Waals surface area contributed by atoms with Crippen molar-refractivity contribution < 1.29 is 9.90 Å². The van der Waals surface area contributed by atoms with E-state index in [9.17, 15) is 9.90 Å². The fraction of sp³-hybridized carbons (Fsp3) is 0.733. The second-order valence-corrected chi connectivity index (χ2v) is 6.00. The van der Waals surface area contributed by atoms with Gasteiger partial charge in [-0.15, -0.1) is 0 Å². The lowest BCUT2D eigenvalue weighted by atomic mass is 9.85. The Kier molecular flexibility index (Phi) is 3.78. The van der Waals surface area contributed by atoms with Gasteiger partial charge < -0.3 is 9.67 Å². The summed E-state index contributed by atoms with van der Waals surface area (Å²) in [5.74, 6) is 0.883. The van der Waals surface area contributed by atoms with Crippen molar-refractivity contribution in [1.82, 2.24) is 14.5 Å². The minimum Gasteiger partial charge on any atom is -0.480 e. The molecular formula is C15H23N3O2. The van der Waals surface area contributed by atoms with Crippen LogP contribution < -0.4 is 0 Å². The van der Waals surface area contributed by atoms with E-state index < -0.39 is 5.97 Å². The molecule has 0 radical (unpaired) electrons. The number of hydrogen-bond donors (Lipinski definition) is 1. The Morgan fingerprint density at radius 3 is 3.00 bits per heavy atom. The van der Waals surface area contributed by atoms with Crippen LogP contribution in [-0.4, -0.2) is 37.6 Å². The average molecular weight is 277 g/mol. The Morgan fingerprint density at radius 2 is 2.25 bits per heavy atom. The first-order valence-corrected chi connectivity index (χ1v) is 7.69. The van der Waals surface area contributed by atoms with E-state index in [1.54, 1.807) is 0 Å². The number of aryl methyl sites for hydroxylation is 1. The van der Waals surface area contributed by atoms with Gasteiger partial charge in [0.25, 0.3) is 0 Å². The molecule has 1 aliphatic carbocycles. The van der Waals surface area contributed by atoms with Gasteiger partial charge in [0.2, 0.25) is 0 Å². The zero-order valence-electron chi connectivity index (χ0n) is 12.0. The molecule has 1 aromatic rings. The Bertz CT molecular complexity index is 485. The summed E-state index contributed by atoms with van der Waals surface area (Å²) in [7, 11) is 0. The van der Waals surface area contributed by atoms with Crippen molar-refractivity contribution in [1.29, 1.82) is 0 Å². The van der Waals surface area contributed by atoms with Crippen LogP contribution in [0.3, 0.4) is 0 Å². The Morgan fingerprint density at radius 1 is 1.45 bits per heavy atom. The standard InChI is InChI=1S/C15H23N3O2/c1-2-17-8-7-16-14(17)10-18-12-6-4-3-5-11(12)9-13(18)15(19)20/h7-8,11-13H,2-6,9-10H2,1H3,(H,19,20). The van der Waals surface area contributed by atoms with Crippen molar-refractivity contribution in [2.75, 3.05) is 0 Å². The predicted octanol–water partition coefficient (Wildman–Crippen LogP) is 2.12. The molecule has 3 atom stereocenters. The van der Waals surface area contributed by atoms with Crippen LogP contribution in [0.2, 0.25) is 0 Å². The van der Waals surface area contributed by atoms with E-state index in [1.807, 2.05) is 12.4 Å². The van der Waals surface area contributed by atoms with E-state index in [2.05, 4.69) is 21.4 Å². The third-order valence-electron chi connectivity index (χ3n) is 4.97. The molecule has 1 N–H and O–H groups in total. The van der Waals surface area contributed by atoms with Gasteiger partial charge in [0.05, 0.1) is 6.54 Å². The first-order valence-electron chi connectivity index (χ1n) is 7.69. The topological polar surface area (TPSA) is 58.4 Å². The molecule has 0 bridgehead atoms. The van der Waals surface area contributed by atoms with Crippen LogP contribution in [0.4, 0.5) is 0 Å². The van der Waals surface area contributed by atoms with E-state index in [1.165, 1.54) is 19.3 Å². The molecule has 1 saturated heterocycles. The quantitative estimate of drug-likeness (QED) is 0.916. The fourth-order valence-electron chi connectivity index (χ4n) is 3.97. The van der Waals surface area contributed by atoms with Crippen molar-refractivity contribution in [2.45, 2.75) is 64.2 Å². The van der Waals surface area contributed by atoms with Crippen LogP contribution in [0, 0.1) is 5.92 Å². The molecule has 1 saturated carbocycles. The highest BCUT2D eigenvalue weighted by molar-refractivity contribution is 5.74. The number of carbonyl (C=O) groups is 1. The van der Waals surface area contributed by atoms with E-state index in [0.29, 0.717) is 18.5 Å². The van der Waals surface area contributed by atoms with E-state index in [4.69, 9.17) is 0 Å². The van der Waals surface area contributed by atoms with E-state index >= 15 is 0 Å². The highest BCUT2D eigenvalue weighted by atomic mass is 16.4. The number of fused-ring (bicyclic) bond motifs is 1. The Labute approximate surface area is 119 Å². The number of rotatable bonds is 4. The number of carboxylic acid groups (broad SMARTS) is 1. The summed E-state index contributed by atoms with van der Waals surface area (Å²) in [6, 6.07) is 0.108. The molecule has 2 fully saturated rings. The van der Waals surface area contributed by atoms with Gasteiger partial charge in [-0.1, -0.05) is 12.8 Å². The molecule has 3 unspecified atom stereocenters. The first kappa shape index (κ1) is 13.6. The maximum Gasteiger partial charge on any atom is 0.320 e. The summed E-state index contributed by atoms with van der Waals surface area (Å²) in [4.78, 5) is 18.2. The summed E-state index contributed by atoms with van der Waals surface area (Å²) >= 11 is 0. The minimum atomic E-state index is -0.672. The minimum absolute atomic E-state index is 0.329. The lowest BCUT2D eigenvalue weighted by Crippen LogP contribution is -2.42. The number of carboxylic acids is 1. The van der Waals surface area contributed by atoms with Gasteiger partial charge in [-0.2, -0.15) is 0 Å². The van der Waals surface area contributed by atoms with Crippen LogP contribution in [0.25, 0.3) is 0 Å². The van der Waals surface area contributed by atoms with Gasteiger partial charge in [0.15, 0.2) is 0 Å². The van der Waals surface area contributed by atoms with Crippen LogP contribution >= 0.6 is 0 Å². The Balaban J connectivity index is 1.82. The predicted molar refractivity (Wildman–Crippen MR) is 75.2 cm³/mol. The monoisotopic (exact) mass is 277 g/mol. The van der Waals surface area contributed by atoms with Crippen molar-refractivity contribution in [3.8, 4) is 0 Å². The van der Waals surface area contributed by atoms with Crippen molar-refractivity contribution in [2.24, 2.45) is 5.92 Å². The molecule has 2 aliphatic rings. The van der Waals surface area contributed by atoms with Gasteiger partial charge in [0, 0.05) is 25.0 Å². The van der Waals surface area contributed by atoms with Gasteiger partial charge in [-0.25, -0.2) is 4.98 Å². The number of likely N-dealkylation sites (tertiary alicyclic amines) is 1. The molecule has 5 heteroatoms. The SMILES string of the molecule is CCn1ccnc1CN1C(C(=O)O)CC2CCCCC21. The molecule has 0 amide bonds. The number of nitrogens with zero attached hydrogens (tertiary/aromatic N) is 3. The van der Waals surface area contributed by atoms with E-state index in [-0.39, 0.29) is 6.04 Å². The molecule has 3 rings (SSSR count). The third kappa shape index (κ3) is 2.35. The molecule has 0 spiro atoms. The zero-order chi connectivity index (χ0) is 14.1. The number of aromatic nitrogens is 2. The van der Waals surface area contributed by atoms with Gasteiger partial charge in [0.1, 0.15) is 11.9 Å². The lowest BCUT2D eigenvalue weighted by molar-refractivity contribution is -0.143. The van der Waals surface area contributed by atoms with Crippen LogP contribution in [-0.2, 0) is 17.9 Å². The normalized spacial score (nSPS) is 30.4. The fourth-order valence-corrected chi connectivity index (χ4v) is 3.97. The maximum atomic E-state index is 11.6. The zero-order valence-corrected chi connectivity index (χ0v) is 12.0. The van der Waals surface area contributed by atoms with Crippen LogP contribution in [0.5, 0.6) is 0 Å². The second kappa shape index (κ2) is 5.56. The molecule has 110 valence electrons. The van der Waals surface area contributed by atoms with Gasteiger partial charge in [-0.05, 0) is 32.1 Å². The molecule has 2 heterocycles. The van der Waals surface area contributed by atoms with Gasteiger partial charge in [-0.3, -0.25) is 9.69 Å². The summed E-state index contributed by atoms with van der Waals surface area (Å²) in [5, 5.41) is 9.52. The summed E-state index contributed by atoms with van der Waals surface area (Å²) in [6.07, 6.45) is 9.40. The maximum absolute atomic E-state index is 11.6. The van der Waals surface area contributed by atoms with Crippen molar-refractivity contribution in [3.05, 3.63) is 18.2 Å². The highest BCUT2D eigenvalue weighted by Crippen LogP contribution is 2.40. The third-order valence-corrected chi connectivity index (χ3v) is 4.97. The highest BCUT2D eigenvalue weighted by Gasteiger charge is 2.45. The van der Waals surface area contributed by atoms with Crippen LogP contribution in [0.1, 0.15) is 44.9 Å². The number of hydrogen-bond acceptors (Lipinski definition) is 3. The van der Waals surface area contributed by atoms with Gasteiger partial charge >= 0.3 is 5.97 Å². The van der Waals surface area contributed by atoms with Crippen molar-refractivity contribution in [3.63, 3.8) is 0 Å². The Hall–Kier alpha value is -1.36. The second-order valence-electron chi connectivity index (χ2n) is 6.00. The average Bonchev–Trinajstić information content (AvgIpc) is 3.04. The molecular weight excluding hydrogens is 254 g/mol. The number of aliphatic carboxylic acids is 1. The van der Waals surface area contributed by atoms with E-state index in [0.717, 1.165) is 25.2 Å².